The maximum atomic E-state index is 13.3. The summed E-state index contributed by atoms with van der Waals surface area (Å²) in [6.07, 6.45) is 1.66. The number of aromatic nitrogens is 5. The molecule has 5 aromatic rings. The highest BCUT2D eigenvalue weighted by molar-refractivity contribution is 5.95. The first kappa shape index (κ1) is 17.4. The van der Waals surface area contributed by atoms with Crippen molar-refractivity contribution in [3.8, 4) is 22.8 Å². The Morgan fingerprint density at radius 2 is 1.72 bits per heavy atom. The Kier molecular flexibility index (Phi) is 3.84. The molecular formula is C22H18FN5O. The molecule has 5 rings (SSSR count). The number of nitrogens with zero attached hydrogens (tertiary/aromatic N) is 5. The van der Waals surface area contributed by atoms with Crippen molar-refractivity contribution in [3.63, 3.8) is 0 Å². The van der Waals surface area contributed by atoms with E-state index in [1.807, 2.05) is 24.3 Å². The topological polar surface area (TPSA) is 57.2 Å². The number of fused-ring (bicyclic) bond motifs is 3. The number of methoxy groups -OCH3 is 1. The summed E-state index contributed by atoms with van der Waals surface area (Å²) in [6.45, 7) is 4.11. The summed E-state index contributed by atoms with van der Waals surface area (Å²) in [5.74, 6) is 1.01. The quantitative estimate of drug-likeness (QED) is 0.457. The molecule has 29 heavy (non-hydrogen) atoms. The van der Waals surface area contributed by atoms with Crippen LogP contribution >= 0.6 is 0 Å². The molecule has 0 fully saturated rings. The van der Waals surface area contributed by atoms with E-state index in [0.717, 1.165) is 39.3 Å². The molecule has 0 bridgehead atoms. The molecule has 7 heteroatoms. The first-order chi connectivity index (χ1) is 14.1. The standard InChI is InChI=1S/C22H18FN5O/c1-13-14(2)28(17-6-4-5-7-18(17)29-3)21-19(13)22-25-20(26-27(22)12-24-21)15-8-10-16(23)11-9-15/h4-12H,1-3H3. The van der Waals surface area contributed by atoms with Crippen LogP contribution in [-0.2, 0) is 0 Å². The molecule has 0 radical (unpaired) electrons. The summed E-state index contributed by atoms with van der Waals surface area (Å²) in [7, 11) is 1.66. The highest BCUT2D eigenvalue weighted by atomic mass is 19.1. The predicted octanol–water partition coefficient (Wildman–Crippen LogP) is 4.50. The maximum absolute atomic E-state index is 13.3. The molecule has 0 amide bonds. The summed E-state index contributed by atoms with van der Waals surface area (Å²) in [6, 6.07) is 14.0. The van der Waals surface area contributed by atoms with Crippen molar-refractivity contribution in [1.29, 1.82) is 0 Å². The average Bonchev–Trinajstić information content (AvgIpc) is 3.28. The number of benzene rings is 2. The van der Waals surface area contributed by atoms with Crippen LogP contribution in [0, 0.1) is 19.7 Å². The largest absolute Gasteiger partial charge is 0.495 e. The zero-order valence-electron chi connectivity index (χ0n) is 16.2. The monoisotopic (exact) mass is 387 g/mol. The van der Waals surface area contributed by atoms with Crippen molar-refractivity contribution in [2.75, 3.05) is 7.11 Å². The average molecular weight is 387 g/mol. The van der Waals surface area contributed by atoms with E-state index in [9.17, 15) is 4.39 Å². The van der Waals surface area contributed by atoms with Crippen molar-refractivity contribution in [2.24, 2.45) is 0 Å². The van der Waals surface area contributed by atoms with Crippen LogP contribution in [-0.4, -0.2) is 31.3 Å². The van der Waals surface area contributed by atoms with Gasteiger partial charge in [-0.25, -0.2) is 18.9 Å². The fourth-order valence-corrected chi connectivity index (χ4v) is 3.69. The Bertz CT molecular complexity index is 1370. The molecule has 0 spiro atoms. The van der Waals surface area contributed by atoms with Gasteiger partial charge in [0.1, 0.15) is 17.9 Å². The highest BCUT2D eigenvalue weighted by Crippen LogP contribution is 2.33. The third-order valence-corrected chi connectivity index (χ3v) is 5.26. The summed E-state index contributed by atoms with van der Waals surface area (Å²) in [5, 5.41) is 5.46. The lowest BCUT2D eigenvalue weighted by Gasteiger charge is -2.12. The number of aryl methyl sites for hydroxylation is 1. The number of halogens is 1. The van der Waals surface area contributed by atoms with E-state index in [-0.39, 0.29) is 5.82 Å². The smallest absolute Gasteiger partial charge is 0.182 e. The molecule has 0 saturated carbocycles. The fourth-order valence-electron chi connectivity index (χ4n) is 3.69. The maximum Gasteiger partial charge on any atom is 0.182 e. The highest BCUT2D eigenvalue weighted by Gasteiger charge is 2.20. The normalized spacial score (nSPS) is 11.4. The molecule has 0 unspecified atom stereocenters. The second-order valence-electron chi connectivity index (χ2n) is 6.87. The van der Waals surface area contributed by atoms with Gasteiger partial charge in [0, 0.05) is 11.3 Å². The van der Waals surface area contributed by atoms with Gasteiger partial charge in [-0.15, -0.1) is 5.10 Å². The van der Waals surface area contributed by atoms with Crippen LogP contribution in [0.5, 0.6) is 5.75 Å². The van der Waals surface area contributed by atoms with Gasteiger partial charge >= 0.3 is 0 Å². The molecule has 3 aromatic heterocycles. The zero-order valence-corrected chi connectivity index (χ0v) is 16.2. The number of hydrogen-bond donors (Lipinski definition) is 0. The molecule has 6 nitrogen and oxygen atoms in total. The number of rotatable bonds is 3. The Hall–Kier alpha value is -3.74. The third kappa shape index (κ3) is 2.58. The van der Waals surface area contributed by atoms with Gasteiger partial charge in [0.05, 0.1) is 18.2 Å². The zero-order chi connectivity index (χ0) is 20.1. The van der Waals surface area contributed by atoms with Crippen LogP contribution in [0.4, 0.5) is 4.39 Å². The van der Waals surface area contributed by atoms with Gasteiger partial charge in [-0.2, -0.15) is 0 Å². The summed E-state index contributed by atoms with van der Waals surface area (Å²) in [4.78, 5) is 9.41. The molecule has 2 aromatic carbocycles. The van der Waals surface area contributed by atoms with Crippen LogP contribution in [0.15, 0.2) is 54.9 Å². The molecule has 144 valence electrons. The van der Waals surface area contributed by atoms with Gasteiger partial charge < -0.3 is 4.74 Å². The van der Waals surface area contributed by atoms with Gasteiger partial charge in [0.2, 0.25) is 0 Å². The predicted molar refractivity (Wildman–Crippen MR) is 109 cm³/mol. The van der Waals surface area contributed by atoms with Gasteiger partial charge in [-0.05, 0) is 55.8 Å². The molecule has 0 atom stereocenters. The van der Waals surface area contributed by atoms with E-state index < -0.39 is 0 Å². The molecule has 0 N–H and O–H groups in total. The third-order valence-electron chi connectivity index (χ3n) is 5.26. The first-order valence-electron chi connectivity index (χ1n) is 9.21. The van der Waals surface area contributed by atoms with Crippen molar-refractivity contribution in [2.45, 2.75) is 13.8 Å². The Morgan fingerprint density at radius 3 is 2.48 bits per heavy atom. The van der Waals surface area contributed by atoms with E-state index in [1.54, 1.807) is 30.1 Å². The van der Waals surface area contributed by atoms with E-state index in [1.165, 1.54) is 12.1 Å². The van der Waals surface area contributed by atoms with Crippen LogP contribution in [0.1, 0.15) is 11.3 Å². The van der Waals surface area contributed by atoms with Crippen molar-refractivity contribution >= 4 is 16.7 Å². The Balaban J connectivity index is 1.79. The number of para-hydroxylation sites is 2. The lowest BCUT2D eigenvalue weighted by molar-refractivity contribution is 0.413. The minimum atomic E-state index is -0.290. The lowest BCUT2D eigenvalue weighted by Crippen LogP contribution is -2.01. The van der Waals surface area contributed by atoms with Gasteiger partial charge in [-0.3, -0.25) is 4.57 Å². The lowest BCUT2D eigenvalue weighted by atomic mass is 10.2. The van der Waals surface area contributed by atoms with Gasteiger partial charge in [-0.1, -0.05) is 12.1 Å². The summed E-state index contributed by atoms with van der Waals surface area (Å²) >= 11 is 0. The minimum absolute atomic E-state index is 0.290. The van der Waals surface area contributed by atoms with Crippen LogP contribution in [0.2, 0.25) is 0 Å². The van der Waals surface area contributed by atoms with E-state index >= 15 is 0 Å². The Labute approximate surface area is 166 Å². The Morgan fingerprint density at radius 1 is 0.966 bits per heavy atom. The van der Waals surface area contributed by atoms with Crippen molar-refractivity contribution < 1.29 is 9.13 Å². The second-order valence-corrected chi connectivity index (χ2v) is 6.87. The van der Waals surface area contributed by atoms with Crippen LogP contribution in [0.25, 0.3) is 33.8 Å². The van der Waals surface area contributed by atoms with E-state index in [2.05, 4.69) is 28.5 Å². The first-order valence-corrected chi connectivity index (χ1v) is 9.21. The number of ether oxygens (including phenoxy) is 1. The van der Waals surface area contributed by atoms with Gasteiger partial charge in [0.15, 0.2) is 17.1 Å². The molecule has 0 saturated heterocycles. The molecule has 0 aliphatic rings. The summed E-state index contributed by atoms with van der Waals surface area (Å²) < 4.78 is 22.6. The van der Waals surface area contributed by atoms with Crippen molar-refractivity contribution in [3.05, 3.63) is 71.9 Å². The van der Waals surface area contributed by atoms with E-state index in [4.69, 9.17) is 9.72 Å². The van der Waals surface area contributed by atoms with Gasteiger partial charge in [0.25, 0.3) is 0 Å². The SMILES string of the molecule is COc1ccccc1-n1c(C)c(C)c2c1ncn1nc(-c3ccc(F)cc3)nc21. The molecule has 0 aliphatic carbocycles. The number of hydrogen-bond acceptors (Lipinski definition) is 4. The van der Waals surface area contributed by atoms with Crippen LogP contribution < -0.4 is 4.74 Å². The molecule has 3 heterocycles. The van der Waals surface area contributed by atoms with Crippen LogP contribution in [0.3, 0.4) is 0 Å². The minimum Gasteiger partial charge on any atom is -0.495 e. The molecule has 0 aliphatic heterocycles. The molecular weight excluding hydrogens is 369 g/mol. The fraction of sp³-hybridized carbons (Fsp3) is 0.136. The van der Waals surface area contributed by atoms with Crippen molar-refractivity contribution in [1.82, 2.24) is 24.1 Å². The summed E-state index contributed by atoms with van der Waals surface area (Å²) in [5.41, 5.74) is 5.29. The second kappa shape index (κ2) is 6.41. The van der Waals surface area contributed by atoms with E-state index in [0.29, 0.717) is 11.5 Å².